The molecule has 5 nitrogen and oxygen atoms in total. The van der Waals surface area contributed by atoms with Gasteiger partial charge in [0.2, 0.25) is 0 Å². The zero-order valence-electron chi connectivity index (χ0n) is 14.4. The summed E-state index contributed by atoms with van der Waals surface area (Å²) in [6.45, 7) is 9.59. The fraction of sp³-hybridized carbons (Fsp3) is 0.778. The minimum absolute atomic E-state index is 0.336. The maximum atomic E-state index is 6.10. The molecule has 0 spiro atoms. The van der Waals surface area contributed by atoms with Crippen LogP contribution in [-0.4, -0.2) is 65.2 Å². The normalized spacial score (nSPS) is 24.5. The van der Waals surface area contributed by atoms with Gasteiger partial charge in [0.25, 0.3) is 0 Å². The fourth-order valence-corrected chi connectivity index (χ4v) is 3.58. The van der Waals surface area contributed by atoms with E-state index in [9.17, 15) is 0 Å². The van der Waals surface area contributed by atoms with Crippen molar-refractivity contribution in [1.29, 1.82) is 0 Å². The van der Waals surface area contributed by atoms with Gasteiger partial charge in [0.15, 0.2) is 0 Å². The Hall–Kier alpha value is -1.04. The number of likely N-dealkylation sites (tertiary alicyclic amines) is 1. The van der Waals surface area contributed by atoms with Crippen LogP contribution in [0.4, 0.5) is 0 Å². The van der Waals surface area contributed by atoms with Crippen molar-refractivity contribution >= 4 is 0 Å². The molecule has 0 aromatic carbocycles. The highest BCUT2D eigenvalue weighted by atomic mass is 16.5. The zero-order valence-corrected chi connectivity index (χ0v) is 14.4. The van der Waals surface area contributed by atoms with Crippen molar-refractivity contribution in [3.8, 4) is 0 Å². The summed E-state index contributed by atoms with van der Waals surface area (Å²) in [6, 6.07) is 2.05. The molecule has 0 N–H and O–H groups in total. The Balaban J connectivity index is 1.55. The molecule has 3 rings (SSSR count). The van der Waals surface area contributed by atoms with Gasteiger partial charge >= 0.3 is 0 Å². The molecule has 128 valence electrons. The number of hydrogen-bond acceptors (Lipinski definition) is 5. The summed E-state index contributed by atoms with van der Waals surface area (Å²) < 4.78 is 6.10. The highest BCUT2D eigenvalue weighted by molar-refractivity contribution is 5.02. The van der Waals surface area contributed by atoms with Gasteiger partial charge in [0, 0.05) is 45.4 Å². The summed E-state index contributed by atoms with van der Waals surface area (Å²) in [5.74, 6) is 0.943. The average Bonchev–Trinajstić information content (AvgIpc) is 2.81. The monoisotopic (exact) mass is 318 g/mol. The molecule has 1 aromatic heterocycles. The van der Waals surface area contributed by atoms with E-state index in [0.29, 0.717) is 6.10 Å². The number of ether oxygens (including phenoxy) is 1. The third kappa shape index (κ3) is 5.23. The molecule has 0 aliphatic carbocycles. The van der Waals surface area contributed by atoms with E-state index < -0.39 is 0 Å². The molecule has 2 saturated heterocycles. The van der Waals surface area contributed by atoms with E-state index in [1.807, 2.05) is 12.3 Å². The molecular weight excluding hydrogens is 288 g/mol. The molecule has 0 bridgehead atoms. The van der Waals surface area contributed by atoms with Crippen molar-refractivity contribution in [3.05, 3.63) is 23.8 Å². The minimum atomic E-state index is 0.336. The molecule has 0 saturated carbocycles. The van der Waals surface area contributed by atoms with Crippen LogP contribution >= 0.6 is 0 Å². The van der Waals surface area contributed by atoms with Crippen LogP contribution in [0, 0.1) is 0 Å². The van der Waals surface area contributed by atoms with Crippen molar-refractivity contribution in [2.75, 3.05) is 39.3 Å². The maximum Gasteiger partial charge on any atom is 0.128 e. The maximum absolute atomic E-state index is 6.10. The van der Waals surface area contributed by atoms with E-state index in [1.54, 1.807) is 0 Å². The predicted molar refractivity (Wildman–Crippen MR) is 91.3 cm³/mol. The van der Waals surface area contributed by atoms with Crippen molar-refractivity contribution in [1.82, 2.24) is 19.8 Å². The van der Waals surface area contributed by atoms with Gasteiger partial charge in [-0.2, -0.15) is 0 Å². The molecule has 23 heavy (non-hydrogen) atoms. The van der Waals surface area contributed by atoms with Crippen LogP contribution in [0.15, 0.2) is 12.3 Å². The first-order chi connectivity index (χ1) is 11.3. The Morgan fingerprint density at radius 2 is 1.96 bits per heavy atom. The SMILES string of the molecule is CCc1nccc(CN2CCCOC(CN3CCCCC3)C2)n1. The Morgan fingerprint density at radius 1 is 1.13 bits per heavy atom. The standard InChI is InChI=1S/C18H30N4O/c1-2-18-19-8-7-16(20-18)13-22-11-6-12-23-17(15-22)14-21-9-4-3-5-10-21/h7-8,17H,2-6,9-15H2,1H3. The summed E-state index contributed by atoms with van der Waals surface area (Å²) in [7, 11) is 0. The zero-order chi connectivity index (χ0) is 15.9. The number of nitrogens with zero attached hydrogens (tertiary/aromatic N) is 4. The first kappa shape index (κ1) is 16.8. The predicted octanol–water partition coefficient (Wildman–Crippen LogP) is 2.12. The molecular formula is C18H30N4O. The van der Waals surface area contributed by atoms with Gasteiger partial charge in [-0.05, 0) is 38.4 Å². The number of hydrogen-bond donors (Lipinski definition) is 0. The smallest absolute Gasteiger partial charge is 0.128 e. The quantitative estimate of drug-likeness (QED) is 0.832. The van der Waals surface area contributed by atoms with E-state index in [2.05, 4.69) is 26.7 Å². The van der Waals surface area contributed by atoms with E-state index in [1.165, 1.54) is 32.4 Å². The fourth-order valence-electron chi connectivity index (χ4n) is 3.58. The molecule has 2 aliphatic heterocycles. The van der Waals surface area contributed by atoms with E-state index in [4.69, 9.17) is 4.74 Å². The van der Waals surface area contributed by atoms with Crippen LogP contribution in [0.5, 0.6) is 0 Å². The third-order valence-corrected chi connectivity index (χ3v) is 4.81. The molecule has 0 amide bonds. The van der Waals surface area contributed by atoms with E-state index in [0.717, 1.165) is 57.1 Å². The Labute approximate surface area is 140 Å². The Morgan fingerprint density at radius 3 is 2.78 bits per heavy atom. The lowest BCUT2D eigenvalue weighted by atomic mass is 10.1. The minimum Gasteiger partial charge on any atom is -0.376 e. The van der Waals surface area contributed by atoms with Gasteiger partial charge in [0.05, 0.1) is 11.8 Å². The second kappa shape index (κ2) is 8.71. The topological polar surface area (TPSA) is 41.5 Å². The van der Waals surface area contributed by atoms with Crippen LogP contribution in [0.3, 0.4) is 0 Å². The first-order valence-corrected chi connectivity index (χ1v) is 9.20. The Kier molecular flexibility index (Phi) is 6.37. The molecule has 2 aliphatic rings. The van der Waals surface area contributed by atoms with Gasteiger partial charge in [0.1, 0.15) is 5.82 Å². The summed E-state index contributed by atoms with van der Waals surface area (Å²) >= 11 is 0. The van der Waals surface area contributed by atoms with Crippen molar-refractivity contribution in [2.45, 2.75) is 51.7 Å². The number of piperidine rings is 1. The molecule has 3 heterocycles. The first-order valence-electron chi connectivity index (χ1n) is 9.20. The number of aryl methyl sites for hydroxylation is 1. The average molecular weight is 318 g/mol. The van der Waals surface area contributed by atoms with E-state index >= 15 is 0 Å². The molecule has 5 heteroatoms. The lowest BCUT2D eigenvalue weighted by molar-refractivity contribution is 0.0215. The summed E-state index contributed by atoms with van der Waals surface area (Å²) in [5, 5.41) is 0. The van der Waals surface area contributed by atoms with Gasteiger partial charge in [-0.15, -0.1) is 0 Å². The summed E-state index contributed by atoms with van der Waals surface area (Å²) in [5.41, 5.74) is 1.13. The van der Waals surface area contributed by atoms with Crippen LogP contribution in [0.1, 0.15) is 44.1 Å². The molecule has 0 radical (unpaired) electrons. The summed E-state index contributed by atoms with van der Waals surface area (Å²) in [6.07, 6.45) is 8.32. The lowest BCUT2D eigenvalue weighted by Crippen LogP contribution is -2.42. The van der Waals surface area contributed by atoms with Crippen LogP contribution in [0.2, 0.25) is 0 Å². The highest BCUT2D eigenvalue weighted by Gasteiger charge is 2.22. The van der Waals surface area contributed by atoms with Gasteiger partial charge < -0.3 is 9.64 Å². The van der Waals surface area contributed by atoms with Gasteiger partial charge in [-0.25, -0.2) is 9.97 Å². The molecule has 1 atom stereocenters. The molecule has 1 unspecified atom stereocenters. The summed E-state index contributed by atoms with van der Waals surface area (Å²) in [4.78, 5) is 14.0. The molecule has 2 fully saturated rings. The number of rotatable bonds is 5. The second-order valence-electron chi connectivity index (χ2n) is 6.76. The van der Waals surface area contributed by atoms with E-state index in [-0.39, 0.29) is 0 Å². The Bertz CT molecular complexity index is 476. The van der Waals surface area contributed by atoms with Gasteiger partial charge in [-0.1, -0.05) is 13.3 Å². The number of aromatic nitrogens is 2. The highest BCUT2D eigenvalue weighted by Crippen LogP contribution is 2.14. The largest absolute Gasteiger partial charge is 0.376 e. The van der Waals surface area contributed by atoms with Crippen molar-refractivity contribution in [3.63, 3.8) is 0 Å². The van der Waals surface area contributed by atoms with Crippen molar-refractivity contribution in [2.24, 2.45) is 0 Å². The van der Waals surface area contributed by atoms with Gasteiger partial charge in [-0.3, -0.25) is 4.90 Å². The van der Waals surface area contributed by atoms with Crippen LogP contribution in [0.25, 0.3) is 0 Å². The van der Waals surface area contributed by atoms with Crippen LogP contribution < -0.4 is 0 Å². The lowest BCUT2D eigenvalue weighted by Gasteiger charge is -2.31. The third-order valence-electron chi connectivity index (χ3n) is 4.81. The molecule has 1 aromatic rings. The van der Waals surface area contributed by atoms with Crippen LogP contribution in [-0.2, 0) is 17.7 Å². The van der Waals surface area contributed by atoms with Crippen molar-refractivity contribution < 1.29 is 4.74 Å². The second-order valence-corrected chi connectivity index (χ2v) is 6.76.